The summed E-state index contributed by atoms with van der Waals surface area (Å²) in [6.07, 6.45) is 9.85. The van der Waals surface area contributed by atoms with Crippen molar-refractivity contribution in [2.24, 2.45) is 0 Å². The minimum atomic E-state index is 0.597. The molecule has 1 aromatic heterocycles. The van der Waals surface area contributed by atoms with Crippen molar-refractivity contribution in [1.82, 2.24) is 15.3 Å². The van der Waals surface area contributed by atoms with Gasteiger partial charge in [0.1, 0.15) is 0 Å². The first-order valence-corrected chi connectivity index (χ1v) is 7.81. The second kappa shape index (κ2) is 7.10. The van der Waals surface area contributed by atoms with E-state index in [4.69, 9.17) is 0 Å². The third kappa shape index (κ3) is 3.95. The van der Waals surface area contributed by atoms with Crippen molar-refractivity contribution in [2.45, 2.75) is 61.9 Å². The Morgan fingerprint density at radius 2 is 2.00 bits per heavy atom. The Balaban J connectivity index is 2.03. The number of nitrogens with one attached hydrogen (secondary N) is 1. The minimum Gasteiger partial charge on any atom is -0.316 e. The zero-order chi connectivity index (χ0) is 12.8. The van der Waals surface area contributed by atoms with Crippen LogP contribution in [0.2, 0.25) is 0 Å². The molecule has 2 unspecified atom stereocenters. The van der Waals surface area contributed by atoms with E-state index >= 15 is 0 Å². The van der Waals surface area contributed by atoms with Crippen molar-refractivity contribution in [3.8, 4) is 0 Å². The molecule has 0 aromatic carbocycles. The lowest BCUT2D eigenvalue weighted by Crippen LogP contribution is -2.36. The van der Waals surface area contributed by atoms with E-state index in [1.165, 1.54) is 38.5 Å². The Kier molecular flexibility index (Phi) is 5.45. The summed E-state index contributed by atoms with van der Waals surface area (Å²) < 4.78 is 0. The van der Waals surface area contributed by atoms with Gasteiger partial charge in [0.05, 0.1) is 0 Å². The first-order valence-electron chi connectivity index (χ1n) is 6.93. The van der Waals surface area contributed by atoms with Gasteiger partial charge in [-0.2, -0.15) is 0 Å². The molecule has 0 aliphatic heterocycles. The molecule has 1 aliphatic carbocycles. The second-order valence-corrected chi connectivity index (χ2v) is 6.23. The monoisotopic (exact) mass is 265 g/mol. The molecule has 0 bridgehead atoms. The van der Waals surface area contributed by atoms with Crippen LogP contribution in [0.3, 0.4) is 0 Å². The van der Waals surface area contributed by atoms with E-state index < -0.39 is 0 Å². The van der Waals surface area contributed by atoms with Crippen molar-refractivity contribution < 1.29 is 0 Å². The highest BCUT2D eigenvalue weighted by molar-refractivity contribution is 7.99. The normalized spacial score (nSPS) is 25.4. The maximum atomic E-state index is 4.51. The number of thioether (sulfide) groups is 1. The Morgan fingerprint density at radius 3 is 2.72 bits per heavy atom. The SMILES string of the molecule is CNC1CCCCCCC1Sc1nccc(C)n1. The summed E-state index contributed by atoms with van der Waals surface area (Å²) >= 11 is 1.85. The Bertz CT molecular complexity index is 370. The molecule has 1 N–H and O–H groups in total. The number of hydrogen-bond donors (Lipinski definition) is 1. The van der Waals surface area contributed by atoms with Crippen molar-refractivity contribution in [3.05, 3.63) is 18.0 Å². The maximum absolute atomic E-state index is 4.51. The molecule has 100 valence electrons. The van der Waals surface area contributed by atoms with Gasteiger partial charge in [-0.15, -0.1) is 0 Å². The highest BCUT2D eigenvalue weighted by atomic mass is 32.2. The van der Waals surface area contributed by atoms with Gasteiger partial charge in [-0.3, -0.25) is 0 Å². The summed E-state index contributed by atoms with van der Waals surface area (Å²) in [5.74, 6) is 0. The molecule has 1 saturated carbocycles. The van der Waals surface area contributed by atoms with Crippen molar-refractivity contribution >= 4 is 11.8 Å². The second-order valence-electron chi connectivity index (χ2n) is 5.02. The van der Waals surface area contributed by atoms with E-state index in [-0.39, 0.29) is 0 Å². The van der Waals surface area contributed by atoms with Gasteiger partial charge in [0.25, 0.3) is 0 Å². The molecule has 0 amide bonds. The summed E-state index contributed by atoms with van der Waals surface area (Å²) in [5, 5.41) is 5.02. The van der Waals surface area contributed by atoms with E-state index in [0.717, 1.165) is 10.9 Å². The molecule has 1 aliphatic rings. The first-order chi connectivity index (χ1) is 8.79. The van der Waals surface area contributed by atoms with Crippen LogP contribution in [0.15, 0.2) is 17.4 Å². The van der Waals surface area contributed by atoms with Crippen LogP contribution < -0.4 is 5.32 Å². The third-order valence-corrected chi connectivity index (χ3v) is 4.88. The molecule has 0 radical (unpaired) electrons. The largest absolute Gasteiger partial charge is 0.316 e. The van der Waals surface area contributed by atoms with Crippen LogP contribution >= 0.6 is 11.8 Å². The number of aryl methyl sites for hydroxylation is 1. The highest BCUT2D eigenvalue weighted by Gasteiger charge is 2.23. The summed E-state index contributed by atoms with van der Waals surface area (Å²) in [6.45, 7) is 2.03. The minimum absolute atomic E-state index is 0.597. The Morgan fingerprint density at radius 1 is 1.22 bits per heavy atom. The average molecular weight is 265 g/mol. The molecule has 1 aromatic rings. The van der Waals surface area contributed by atoms with Gasteiger partial charge in [-0.1, -0.05) is 37.4 Å². The van der Waals surface area contributed by atoms with Crippen molar-refractivity contribution in [3.63, 3.8) is 0 Å². The van der Waals surface area contributed by atoms with Crippen LogP contribution in [-0.2, 0) is 0 Å². The lowest BCUT2D eigenvalue weighted by atomic mass is 9.96. The molecule has 1 heterocycles. The fourth-order valence-corrected chi connectivity index (χ4v) is 3.85. The van der Waals surface area contributed by atoms with Crippen LogP contribution in [0.1, 0.15) is 44.2 Å². The number of aromatic nitrogens is 2. The lowest BCUT2D eigenvalue weighted by Gasteiger charge is -2.28. The Hall–Kier alpha value is -0.610. The van der Waals surface area contributed by atoms with Gasteiger partial charge in [0.15, 0.2) is 5.16 Å². The van der Waals surface area contributed by atoms with Gasteiger partial charge in [0, 0.05) is 23.2 Å². The van der Waals surface area contributed by atoms with Crippen molar-refractivity contribution in [2.75, 3.05) is 7.05 Å². The molecule has 2 atom stereocenters. The van der Waals surface area contributed by atoms with Crippen LogP contribution in [0, 0.1) is 6.92 Å². The predicted molar refractivity (Wildman–Crippen MR) is 77.0 cm³/mol. The summed E-state index contributed by atoms with van der Waals surface area (Å²) in [6, 6.07) is 2.55. The van der Waals surface area contributed by atoms with E-state index in [0.29, 0.717) is 11.3 Å². The number of hydrogen-bond acceptors (Lipinski definition) is 4. The molecule has 4 heteroatoms. The van der Waals surface area contributed by atoms with Gasteiger partial charge in [-0.25, -0.2) is 9.97 Å². The van der Waals surface area contributed by atoms with Crippen LogP contribution in [-0.4, -0.2) is 28.3 Å². The van der Waals surface area contributed by atoms with Gasteiger partial charge < -0.3 is 5.32 Å². The number of nitrogens with zero attached hydrogens (tertiary/aromatic N) is 2. The fraction of sp³-hybridized carbons (Fsp3) is 0.714. The number of rotatable bonds is 3. The van der Waals surface area contributed by atoms with Gasteiger partial charge in [-0.05, 0) is 32.9 Å². The van der Waals surface area contributed by atoms with E-state index in [9.17, 15) is 0 Å². The fourth-order valence-electron chi connectivity index (χ4n) is 2.54. The third-order valence-electron chi connectivity index (χ3n) is 3.60. The standard InChI is InChI=1S/C14H23N3S/c1-11-9-10-16-14(17-11)18-13-8-6-4-3-5-7-12(13)15-2/h9-10,12-13,15H,3-8H2,1-2H3. The lowest BCUT2D eigenvalue weighted by molar-refractivity contribution is 0.420. The topological polar surface area (TPSA) is 37.8 Å². The molecular weight excluding hydrogens is 242 g/mol. The zero-order valence-electron chi connectivity index (χ0n) is 11.4. The van der Waals surface area contributed by atoms with Gasteiger partial charge >= 0.3 is 0 Å². The highest BCUT2D eigenvalue weighted by Crippen LogP contribution is 2.30. The van der Waals surface area contributed by atoms with Crippen LogP contribution in [0.4, 0.5) is 0 Å². The summed E-state index contributed by atoms with van der Waals surface area (Å²) in [5.41, 5.74) is 1.05. The maximum Gasteiger partial charge on any atom is 0.188 e. The molecule has 0 spiro atoms. The predicted octanol–water partition coefficient (Wildman–Crippen LogP) is 3.19. The molecule has 0 saturated heterocycles. The zero-order valence-corrected chi connectivity index (χ0v) is 12.2. The molecule has 18 heavy (non-hydrogen) atoms. The van der Waals surface area contributed by atoms with E-state index in [1.54, 1.807) is 0 Å². The summed E-state index contributed by atoms with van der Waals surface area (Å²) in [7, 11) is 2.08. The molecular formula is C14H23N3S. The quantitative estimate of drug-likeness (QED) is 0.852. The van der Waals surface area contributed by atoms with Gasteiger partial charge in [0.2, 0.25) is 0 Å². The first kappa shape index (κ1) is 13.8. The molecule has 2 rings (SSSR count). The molecule has 1 fully saturated rings. The molecule has 3 nitrogen and oxygen atoms in total. The van der Waals surface area contributed by atoms with Crippen LogP contribution in [0.5, 0.6) is 0 Å². The van der Waals surface area contributed by atoms with Crippen LogP contribution in [0.25, 0.3) is 0 Å². The van der Waals surface area contributed by atoms with Crippen molar-refractivity contribution in [1.29, 1.82) is 0 Å². The Labute approximate surface area is 114 Å². The smallest absolute Gasteiger partial charge is 0.188 e. The summed E-state index contributed by atoms with van der Waals surface area (Å²) in [4.78, 5) is 8.89. The van der Waals surface area contributed by atoms with E-state index in [1.807, 2.05) is 30.9 Å². The van der Waals surface area contributed by atoms with E-state index in [2.05, 4.69) is 22.3 Å². The average Bonchev–Trinajstić information content (AvgIpc) is 2.33.